The molecule has 5 N–H and O–H groups in total. The molecule has 0 unspecified atom stereocenters. The fourth-order valence-corrected chi connectivity index (χ4v) is 3.17. The molecule has 0 aromatic heterocycles. The highest BCUT2D eigenvalue weighted by atomic mass is 16.7. The molecule has 0 bridgehead atoms. The number of nitro groups is 1. The quantitative estimate of drug-likeness (QED) is 0.121. The van der Waals surface area contributed by atoms with Crippen LogP contribution in [0.15, 0.2) is 35.3 Å². The number of hydrazine groups is 1. The molecular formula is C18H26N6O5. The maximum absolute atomic E-state index is 12.9. The Kier molecular flexibility index (Phi) is 8.19. The number of nitrogens with one attached hydrogen (secondary N) is 1. The highest BCUT2D eigenvalue weighted by Gasteiger charge is 2.39. The van der Waals surface area contributed by atoms with Gasteiger partial charge in [0, 0.05) is 13.1 Å². The first-order valence-electron chi connectivity index (χ1n) is 9.35. The summed E-state index contributed by atoms with van der Waals surface area (Å²) in [6, 6.07) is 7.37. The third-order valence-corrected chi connectivity index (χ3v) is 4.54. The summed E-state index contributed by atoms with van der Waals surface area (Å²) in [6.07, 6.45) is 1.60. The highest BCUT2D eigenvalue weighted by Crippen LogP contribution is 2.21. The van der Waals surface area contributed by atoms with Gasteiger partial charge in [-0.2, -0.15) is 0 Å². The Morgan fingerprint density at radius 1 is 1.34 bits per heavy atom. The van der Waals surface area contributed by atoms with E-state index >= 15 is 0 Å². The minimum atomic E-state index is -1.08. The zero-order valence-corrected chi connectivity index (χ0v) is 16.0. The van der Waals surface area contributed by atoms with Gasteiger partial charge in [0.1, 0.15) is 12.6 Å². The summed E-state index contributed by atoms with van der Waals surface area (Å²) in [7, 11) is 0. The molecule has 0 radical (unpaired) electrons. The van der Waals surface area contributed by atoms with E-state index in [-0.39, 0.29) is 25.5 Å². The van der Waals surface area contributed by atoms with Gasteiger partial charge in [-0.1, -0.05) is 30.3 Å². The first kappa shape index (κ1) is 21.9. The standard InChI is InChI=1S/C18H26N6O5/c19-18(20)21-10-4-8-14(22-24(27)28)16(25)23-11-5-9-15(23)17(26)29-12-13-6-2-1-3-7-13/h1-3,6-7,14-15,22H,4-5,8-12H2,(H4,19,20,21)/t14-,15-/m0/s1. The second-order valence-corrected chi connectivity index (χ2v) is 6.67. The van der Waals surface area contributed by atoms with Crippen LogP contribution in [0.1, 0.15) is 31.2 Å². The van der Waals surface area contributed by atoms with Gasteiger partial charge in [0.25, 0.3) is 5.91 Å². The molecule has 0 spiro atoms. The van der Waals surface area contributed by atoms with E-state index in [1.807, 2.05) is 35.8 Å². The molecule has 29 heavy (non-hydrogen) atoms. The van der Waals surface area contributed by atoms with Crippen LogP contribution in [-0.2, 0) is 20.9 Å². The minimum absolute atomic E-state index is 0.0871. The summed E-state index contributed by atoms with van der Waals surface area (Å²) in [5.74, 6) is -1.11. The van der Waals surface area contributed by atoms with Gasteiger partial charge in [0.15, 0.2) is 17.0 Å². The second-order valence-electron chi connectivity index (χ2n) is 6.67. The molecular weight excluding hydrogens is 380 g/mol. The number of hydrogen-bond acceptors (Lipinski definition) is 6. The summed E-state index contributed by atoms with van der Waals surface area (Å²) in [5.41, 5.74) is 13.4. The topological polar surface area (TPSA) is 166 Å². The van der Waals surface area contributed by atoms with Crippen molar-refractivity contribution < 1.29 is 19.4 Å². The summed E-state index contributed by atoms with van der Waals surface area (Å²) >= 11 is 0. The number of rotatable bonds is 10. The van der Waals surface area contributed by atoms with Crippen molar-refractivity contribution in [2.45, 2.75) is 44.4 Å². The lowest BCUT2D eigenvalue weighted by Gasteiger charge is -2.26. The molecule has 11 nitrogen and oxygen atoms in total. The van der Waals surface area contributed by atoms with Gasteiger partial charge in [-0.05, 0) is 31.2 Å². The van der Waals surface area contributed by atoms with E-state index in [9.17, 15) is 19.7 Å². The average Bonchev–Trinajstić information content (AvgIpc) is 3.18. The van der Waals surface area contributed by atoms with Gasteiger partial charge in [0.2, 0.25) is 0 Å². The van der Waals surface area contributed by atoms with Gasteiger partial charge in [-0.25, -0.2) is 14.9 Å². The number of nitrogens with zero attached hydrogens (tertiary/aromatic N) is 3. The molecule has 0 saturated carbocycles. The van der Waals surface area contributed by atoms with E-state index in [0.717, 1.165) is 5.56 Å². The predicted octanol–water partition coefficient (Wildman–Crippen LogP) is -0.0757. The van der Waals surface area contributed by atoms with Crippen LogP contribution in [0.2, 0.25) is 0 Å². The lowest BCUT2D eigenvalue weighted by molar-refractivity contribution is -0.548. The number of hydrogen-bond donors (Lipinski definition) is 3. The van der Waals surface area contributed by atoms with Gasteiger partial charge in [-0.3, -0.25) is 9.79 Å². The smallest absolute Gasteiger partial charge is 0.329 e. The number of carbonyl (C=O) groups is 2. The number of nitrogens with two attached hydrogens (primary N) is 2. The third-order valence-electron chi connectivity index (χ3n) is 4.54. The largest absolute Gasteiger partial charge is 0.459 e. The van der Waals surface area contributed by atoms with Crippen LogP contribution < -0.4 is 16.9 Å². The van der Waals surface area contributed by atoms with Crippen LogP contribution in [0.5, 0.6) is 0 Å². The first-order chi connectivity index (χ1) is 13.9. The van der Waals surface area contributed by atoms with E-state index in [4.69, 9.17) is 16.2 Å². The van der Waals surface area contributed by atoms with Gasteiger partial charge in [0.05, 0.1) is 0 Å². The number of ether oxygens (including phenoxy) is 1. The summed E-state index contributed by atoms with van der Waals surface area (Å²) in [5, 5.41) is 10.1. The summed E-state index contributed by atoms with van der Waals surface area (Å²) < 4.78 is 5.35. The average molecular weight is 406 g/mol. The van der Waals surface area contributed by atoms with Crippen molar-refractivity contribution >= 4 is 17.8 Å². The van der Waals surface area contributed by atoms with Crippen LogP contribution in [0.3, 0.4) is 0 Å². The maximum Gasteiger partial charge on any atom is 0.329 e. The predicted molar refractivity (Wildman–Crippen MR) is 105 cm³/mol. The number of amides is 1. The molecule has 1 aromatic carbocycles. The molecule has 158 valence electrons. The van der Waals surface area contributed by atoms with E-state index in [1.54, 1.807) is 0 Å². The number of guanidine groups is 1. The van der Waals surface area contributed by atoms with E-state index in [0.29, 0.717) is 25.8 Å². The Balaban J connectivity index is 1.97. The van der Waals surface area contributed by atoms with Crippen molar-refractivity contribution in [2.75, 3.05) is 13.1 Å². The number of benzene rings is 1. The summed E-state index contributed by atoms with van der Waals surface area (Å²) in [6.45, 7) is 0.690. The molecule has 1 fully saturated rings. The minimum Gasteiger partial charge on any atom is -0.459 e. The number of carbonyl (C=O) groups excluding carboxylic acids is 2. The molecule has 2 atom stereocenters. The van der Waals surface area contributed by atoms with E-state index in [2.05, 4.69) is 4.99 Å². The normalized spacial score (nSPS) is 16.7. The Morgan fingerprint density at radius 3 is 2.72 bits per heavy atom. The number of aliphatic imine (C=N–C) groups is 1. The maximum atomic E-state index is 12.9. The van der Waals surface area contributed by atoms with Crippen molar-refractivity contribution in [1.82, 2.24) is 10.3 Å². The number of esters is 1. The lowest BCUT2D eigenvalue weighted by Crippen LogP contribution is -2.52. The van der Waals surface area contributed by atoms with E-state index < -0.39 is 29.0 Å². The van der Waals surface area contributed by atoms with Gasteiger partial charge in [-0.15, -0.1) is 5.43 Å². The van der Waals surface area contributed by atoms with Crippen molar-refractivity contribution in [3.05, 3.63) is 46.0 Å². The monoisotopic (exact) mass is 406 g/mol. The second kappa shape index (κ2) is 10.8. The van der Waals surface area contributed by atoms with E-state index in [1.165, 1.54) is 4.90 Å². The Bertz CT molecular complexity index is 738. The molecule has 11 heteroatoms. The lowest BCUT2D eigenvalue weighted by atomic mass is 10.1. The fourth-order valence-electron chi connectivity index (χ4n) is 3.17. The molecule has 2 rings (SSSR count). The SMILES string of the molecule is NC(N)=NCCC[C@H](N[N+](=O)[O-])C(=O)N1CCC[C@H]1C(=O)OCc1ccccc1. The van der Waals surface area contributed by atoms with Crippen LogP contribution in [0.4, 0.5) is 0 Å². The van der Waals surface area contributed by atoms with Gasteiger partial charge < -0.3 is 21.1 Å². The Morgan fingerprint density at radius 2 is 2.07 bits per heavy atom. The highest BCUT2D eigenvalue weighted by molar-refractivity contribution is 5.88. The van der Waals surface area contributed by atoms with Crippen molar-refractivity contribution in [3.8, 4) is 0 Å². The van der Waals surface area contributed by atoms with Crippen LogP contribution in [-0.4, -0.2) is 52.9 Å². The van der Waals surface area contributed by atoms with Crippen molar-refractivity contribution in [2.24, 2.45) is 16.5 Å². The molecule has 1 aliphatic rings. The summed E-state index contributed by atoms with van der Waals surface area (Å²) in [4.78, 5) is 41.4. The fraction of sp³-hybridized carbons (Fsp3) is 0.500. The Labute approximate surface area is 168 Å². The zero-order valence-electron chi connectivity index (χ0n) is 16.0. The van der Waals surface area contributed by atoms with Crippen molar-refractivity contribution in [1.29, 1.82) is 0 Å². The molecule has 1 aliphatic heterocycles. The first-order valence-corrected chi connectivity index (χ1v) is 9.35. The zero-order chi connectivity index (χ0) is 21.2. The van der Waals surface area contributed by atoms with Crippen LogP contribution in [0.25, 0.3) is 0 Å². The van der Waals surface area contributed by atoms with Crippen molar-refractivity contribution in [3.63, 3.8) is 0 Å². The van der Waals surface area contributed by atoms with Crippen LogP contribution in [0, 0.1) is 10.1 Å². The molecule has 1 saturated heterocycles. The van der Waals surface area contributed by atoms with Crippen LogP contribution >= 0.6 is 0 Å². The molecule has 1 amide bonds. The van der Waals surface area contributed by atoms with Gasteiger partial charge >= 0.3 is 5.97 Å². The third kappa shape index (κ3) is 6.94. The molecule has 1 aromatic rings. The molecule has 0 aliphatic carbocycles. The molecule has 1 heterocycles. The Hall–Kier alpha value is -3.37. The number of likely N-dealkylation sites (tertiary alicyclic amines) is 1.